The molecule has 1 aromatic heterocycles. The highest BCUT2D eigenvalue weighted by molar-refractivity contribution is 6.88. The molecule has 0 aliphatic carbocycles. The van der Waals surface area contributed by atoms with Crippen LogP contribution in [0.3, 0.4) is 0 Å². The Hall–Kier alpha value is -3.14. The van der Waals surface area contributed by atoms with Crippen LogP contribution in [0.2, 0.25) is 19.6 Å². The van der Waals surface area contributed by atoms with Crippen molar-refractivity contribution in [2.75, 3.05) is 11.9 Å². The van der Waals surface area contributed by atoms with E-state index in [0.717, 1.165) is 17.8 Å². The molecule has 2 amide bonds. The molecule has 0 spiro atoms. The Bertz CT molecular complexity index is 1160. The fourth-order valence-electron chi connectivity index (χ4n) is 4.48. The largest absolute Gasteiger partial charge is 0.481 e. The number of amides is 2. The highest BCUT2D eigenvalue weighted by Gasteiger charge is 2.37. The summed E-state index contributed by atoms with van der Waals surface area (Å²) < 4.78 is 29.6. The van der Waals surface area contributed by atoms with E-state index in [1.165, 1.54) is 4.90 Å². The molecule has 0 radical (unpaired) electrons. The fraction of sp³-hybridized carbons (Fsp3) is 0.462. The fourth-order valence-corrected chi connectivity index (χ4v) is 6.06. The molecular formula is C26H33F2N3O4Si. The van der Waals surface area contributed by atoms with Gasteiger partial charge in [-0.15, -0.1) is 0 Å². The quantitative estimate of drug-likeness (QED) is 0.507. The smallest absolute Gasteiger partial charge is 0.303 e. The number of nitrogens with zero attached hydrogens (tertiary/aromatic N) is 2. The Morgan fingerprint density at radius 1 is 1.14 bits per heavy atom. The monoisotopic (exact) mass is 517 g/mol. The van der Waals surface area contributed by atoms with E-state index in [1.807, 2.05) is 39.6 Å². The van der Waals surface area contributed by atoms with Crippen molar-refractivity contribution in [1.82, 2.24) is 9.88 Å². The predicted molar refractivity (Wildman–Crippen MR) is 136 cm³/mol. The molecule has 0 fully saturated rings. The van der Waals surface area contributed by atoms with E-state index in [0.29, 0.717) is 17.7 Å². The molecular weight excluding hydrogens is 484 g/mol. The molecule has 1 unspecified atom stereocenters. The van der Waals surface area contributed by atoms with Crippen molar-refractivity contribution >= 4 is 36.7 Å². The summed E-state index contributed by atoms with van der Waals surface area (Å²) in [5.74, 6) is -3.22. The summed E-state index contributed by atoms with van der Waals surface area (Å²) >= 11 is 0. The molecule has 0 saturated carbocycles. The van der Waals surface area contributed by atoms with Gasteiger partial charge in [0.25, 0.3) is 5.91 Å². The highest BCUT2D eigenvalue weighted by Crippen LogP contribution is 2.32. The number of hydrogen-bond donors (Lipinski definition) is 2. The van der Waals surface area contributed by atoms with Gasteiger partial charge in [0.15, 0.2) is 0 Å². The first-order valence-corrected chi connectivity index (χ1v) is 15.6. The molecule has 1 aliphatic rings. The maximum atomic E-state index is 14.8. The average molecular weight is 518 g/mol. The number of benzene rings is 1. The van der Waals surface area contributed by atoms with Gasteiger partial charge in [-0.25, -0.2) is 8.78 Å². The number of nitrogens with one attached hydrogen (secondary N) is 1. The minimum atomic E-state index is -2.29. The predicted octanol–water partition coefficient (Wildman–Crippen LogP) is 4.35. The Labute approximate surface area is 210 Å². The molecule has 10 heteroatoms. The maximum Gasteiger partial charge on any atom is 0.303 e. The normalized spacial score (nSPS) is 15.6. The van der Waals surface area contributed by atoms with Crippen LogP contribution >= 0.6 is 0 Å². The third kappa shape index (κ3) is 6.15. The minimum absolute atomic E-state index is 0.0307. The van der Waals surface area contributed by atoms with Gasteiger partial charge in [-0.3, -0.25) is 19.4 Å². The average Bonchev–Trinajstić information content (AvgIpc) is 2.75. The summed E-state index contributed by atoms with van der Waals surface area (Å²) in [5.41, 5.74) is 2.08. The van der Waals surface area contributed by atoms with E-state index < -0.39 is 37.6 Å². The van der Waals surface area contributed by atoms with Crippen LogP contribution in [-0.2, 0) is 20.8 Å². The van der Waals surface area contributed by atoms with E-state index in [-0.39, 0.29) is 48.5 Å². The Morgan fingerprint density at radius 3 is 2.33 bits per heavy atom. The number of carbonyl (C=O) groups excluding carboxylic acids is 2. The number of carboxylic acid groups (broad SMARTS) is 1. The molecule has 3 rings (SSSR count). The molecule has 0 saturated heterocycles. The molecule has 1 aliphatic heterocycles. The molecule has 2 heterocycles. The molecule has 2 N–H and O–H groups in total. The lowest BCUT2D eigenvalue weighted by Crippen LogP contribution is -2.46. The molecule has 7 nitrogen and oxygen atoms in total. The van der Waals surface area contributed by atoms with Crippen LogP contribution in [0.25, 0.3) is 0 Å². The lowest BCUT2D eigenvalue weighted by atomic mass is 9.93. The van der Waals surface area contributed by atoms with Crippen LogP contribution in [0, 0.1) is 11.6 Å². The topological polar surface area (TPSA) is 99.6 Å². The van der Waals surface area contributed by atoms with Gasteiger partial charge in [0, 0.05) is 53.6 Å². The van der Waals surface area contributed by atoms with Crippen LogP contribution in [0.5, 0.6) is 0 Å². The van der Waals surface area contributed by atoms with Crippen LogP contribution in [0.15, 0.2) is 24.3 Å². The summed E-state index contributed by atoms with van der Waals surface area (Å²) in [6, 6.07) is 4.75. The zero-order valence-electron chi connectivity index (χ0n) is 21.3. The van der Waals surface area contributed by atoms with Crippen LogP contribution in [-0.4, -0.2) is 47.4 Å². The Morgan fingerprint density at radius 2 is 1.78 bits per heavy atom. The number of anilines is 1. The van der Waals surface area contributed by atoms with Gasteiger partial charge in [-0.2, -0.15) is 0 Å². The van der Waals surface area contributed by atoms with Crippen molar-refractivity contribution in [3.8, 4) is 0 Å². The number of carboxylic acids is 1. The van der Waals surface area contributed by atoms with Crippen LogP contribution < -0.4 is 10.5 Å². The number of pyridine rings is 1. The first-order valence-electron chi connectivity index (χ1n) is 12.1. The number of halogens is 2. The second kappa shape index (κ2) is 10.9. The zero-order chi connectivity index (χ0) is 26.8. The summed E-state index contributed by atoms with van der Waals surface area (Å²) in [6.45, 7) is 9.73. The van der Waals surface area contributed by atoms with Gasteiger partial charge in [-0.1, -0.05) is 39.6 Å². The van der Waals surface area contributed by atoms with Crippen molar-refractivity contribution in [3.05, 3.63) is 52.9 Å². The highest BCUT2D eigenvalue weighted by atomic mass is 28.3. The summed E-state index contributed by atoms with van der Waals surface area (Å²) in [6.07, 6.45) is 0.398. The number of hydrogen-bond acceptors (Lipinski definition) is 4. The van der Waals surface area contributed by atoms with Crippen molar-refractivity contribution in [1.29, 1.82) is 0 Å². The number of aliphatic carboxylic acids is 1. The van der Waals surface area contributed by atoms with E-state index in [9.17, 15) is 23.2 Å². The van der Waals surface area contributed by atoms with Crippen molar-refractivity contribution in [2.45, 2.75) is 71.1 Å². The standard InChI is InChI=1S/C26H33F2N3O4Si/c1-15(2)20-10-9-17-21(30-20)11-12-31(22(32)7-6-8-23(33)34)24(17)26(35)29-16-13-18(27)25(19(28)14-16)36(3,4)5/h9-10,13-15,24H,6-8,11-12H2,1-5H3,(H,29,35)(H,33,34). The van der Waals surface area contributed by atoms with Gasteiger partial charge in [-0.05, 0) is 30.5 Å². The van der Waals surface area contributed by atoms with E-state index in [2.05, 4.69) is 10.3 Å². The van der Waals surface area contributed by atoms with E-state index in [4.69, 9.17) is 5.11 Å². The molecule has 194 valence electrons. The molecule has 2 aromatic rings. The van der Waals surface area contributed by atoms with Crippen LogP contribution in [0.4, 0.5) is 14.5 Å². The van der Waals surface area contributed by atoms with Crippen molar-refractivity contribution < 1.29 is 28.3 Å². The number of aromatic nitrogens is 1. The first-order chi connectivity index (χ1) is 16.8. The number of rotatable bonds is 8. The first kappa shape index (κ1) is 27.4. The van der Waals surface area contributed by atoms with Crippen molar-refractivity contribution in [2.24, 2.45) is 0 Å². The molecule has 0 bridgehead atoms. The second-order valence-electron chi connectivity index (χ2n) is 10.5. The lowest BCUT2D eigenvalue weighted by Gasteiger charge is -2.36. The summed E-state index contributed by atoms with van der Waals surface area (Å²) in [7, 11) is -2.29. The third-order valence-electron chi connectivity index (χ3n) is 6.23. The summed E-state index contributed by atoms with van der Waals surface area (Å²) in [4.78, 5) is 43.5. The minimum Gasteiger partial charge on any atom is -0.481 e. The van der Waals surface area contributed by atoms with Gasteiger partial charge in [0.05, 0.1) is 8.07 Å². The number of carbonyl (C=O) groups is 3. The zero-order valence-corrected chi connectivity index (χ0v) is 22.3. The number of fused-ring (bicyclic) bond motifs is 1. The Balaban J connectivity index is 1.95. The van der Waals surface area contributed by atoms with Crippen molar-refractivity contribution in [3.63, 3.8) is 0 Å². The van der Waals surface area contributed by atoms with Gasteiger partial charge in [0.2, 0.25) is 5.91 Å². The van der Waals surface area contributed by atoms with E-state index >= 15 is 0 Å². The maximum absolute atomic E-state index is 14.8. The van der Waals surface area contributed by atoms with Gasteiger partial charge in [0.1, 0.15) is 17.7 Å². The lowest BCUT2D eigenvalue weighted by molar-refractivity contribution is -0.140. The third-order valence-corrected chi connectivity index (χ3v) is 8.21. The SMILES string of the molecule is CC(C)c1ccc2c(n1)CCN(C(=O)CCCC(=O)O)C2C(=O)Nc1cc(F)c([Si](C)(C)C)c(F)c1. The Kier molecular flexibility index (Phi) is 8.28. The molecule has 1 atom stereocenters. The van der Waals surface area contributed by atoms with Gasteiger partial charge < -0.3 is 15.3 Å². The van der Waals surface area contributed by atoms with E-state index in [1.54, 1.807) is 6.07 Å². The second-order valence-corrected chi connectivity index (χ2v) is 15.5. The summed E-state index contributed by atoms with van der Waals surface area (Å²) in [5, 5.41) is 11.5. The van der Waals surface area contributed by atoms with Crippen LogP contribution in [0.1, 0.15) is 62.0 Å². The van der Waals surface area contributed by atoms with Gasteiger partial charge >= 0.3 is 5.97 Å². The molecule has 1 aromatic carbocycles. The molecule has 36 heavy (non-hydrogen) atoms.